The molecule has 18 heavy (non-hydrogen) atoms. The highest BCUT2D eigenvalue weighted by atomic mass is 79.9. The molecule has 0 amide bonds. The number of sulfonamides is 1. The number of benzene rings is 1. The van der Waals surface area contributed by atoms with Gasteiger partial charge in [-0.3, -0.25) is 5.32 Å². The van der Waals surface area contributed by atoms with Crippen molar-refractivity contribution in [3.8, 4) is 6.19 Å². The van der Waals surface area contributed by atoms with Gasteiger partial charge >= 0.3 is 0 Å². The quantitative estimate of drug-likeness (QED) is 0.364. The number of nitrogens with one attached hydrogen (secondary N) is 1. The Morgan fingerprint density at radius 3 is 2.78 bits per heavy atom. The second-order valence-electron chi connectivity index (χ2n) is 2.99. The second kappa shape index (κ2) is 6.19. The van der Waals surface area contributed by atoms with E-state index in [-0.39, 0.29) is 15.8 Å². The van der Waals surface area contributed by atoms with Crippen LogP contribution in [0.2, 0.25) is 0 Å². The maximum Gasteiger partial charge on any atom is 0.240 e. The molecule has 9 heteroatoms. The van der Waals surface area contributed by atoms with Gasteiger partial charge in [-0.25, -0.2) is 18.5 Å². The smallest absolute Gasteiger partial charge is 0.240 e. The van der Waals surface area contributed by atoms with Gasteiger partial charge in [-0.15, -0.1) is 0 Å². The van der Waals surface area contributed by atoms with Crippen LogP contribution in [0.4, 0.5) is 5.69 Å². The predicted octanol–water partition coefficient (Wildman–Crippen LogP) is 1.52. The second-order valence-corrected chi connectivity index (χ2v) is 6.17. The third kappa shape index (κ3) is 3.71. The number of nitrogens with zero attached hydrogens (tertiary/aromatic N) is 2. The minimum atomic E-state index is -3.88. The molecular weight excluding hydrogens is 340 g/mol. The van der Waals surface area contributed by atoms with Crippen LogP contribution in [0.5, 0.6) is 0 Å². The molecule has 0 heterocycles. The van der Waals surface area contributed by atoms with E-state index in [4.69, 9.17) is 10.4 Å². The molecule has 6 nitrogen and oxygen atoms in total. The van der Waals surface area contributed by atoms with Crippen molar-refractivity contribution < 1.29 is 8.42 Å². The average molecular weight is 349 g/mol. The highest BCUT2D eigenvalue weighted by Gasteiger charge is 2.16. The third-order valence-electron chi connectivity index (χ3n) is 1.83. The minimum absolute atomic E-state index is 0.108. The summed E-state index contributed by atoms with van der Waals surface area (Å²) in [6, 6.07) is 4.53. The molecule has 0 radical (unpaired) electrons. The van der Waals surface area contributed by atoms with E-state index in [1.807, 2.05) is 0 Å². The summed E-state index contributed by atoms with van der Waals surface area (Å²) in [6.07, 6.45) is 3.42. The molecule has 0 aromatic heterocycles. The Bertz CT molecular complexity index is 622. The molecule has 0 bridgehead atoms. The van der Waals surface area contributed by atoms with E-state index in [0.717, 1.165) is 0 Å². The van der Waals surface area contributed by atoms with E-state index >= 15 is 0 Å². The molecule has 0 aliphatic carbocycles. The summed E-state index contributed by atoms with van der Waals surface area (Å²) in [5.41, 5.74) is 0.159. The Hall–Kier alpha value is -1.08. The van der Waals surface area contributed by atoms with Gasteiger partial charge in [0.2, 0.25) is 10.0 Å². The zero-order valence-corrected chi connectivity index (χ0v) is 12.4. The lowest BCUT2D eigenvalue weighted by Crippen LogP contribution is -2.15. The number of hydrogen-bond acceptors (Lipinski definition) is 5. The number of primary sulfonamides is 1. The standard InChI is InChI=1S/C9H9BrN4O2S2/c1-17-9(13-5-11)14-8-6(10)3-2-4-7(8)18(12,15)16/h2-4H,1H3,(H,13,14)(H2,12,15,16). The molecule has 1 rings (SSSR count). The van der Waals surface area contributed by atoms with Crippen LogP contribution >= 0.6 is 27.7 Å². The van der Waals surface area contributed by atoms with Gasteiger partial charge in [0.15, 0.2) is 11.4 Å². The van der Waals surface area contributed by atoms with E-state index in [2.05, 4.69) is 26.2 Å². The fraction of sp³-hybridized carbons (Fsp3) is 0.111. The Kier molecular flexibility index (Phi) is 5.15. The molecule has 0 atom stereocenters. The molecule has 1 aromatic carbocycles. The number of thioether (sulfide) groups is 1. The lowest BCUT2D eigenvalue weighted by molar-refractivity contribution is 0.598. The van der Waals surface area contributed by atoms with Crippen LogP contribution in [0.3, 0.4) is 0 Å². The molecule has 3 N–H and O–H groups in total. The Morgan fingerprint density at radius 2 is 2.28 bits per heavy atom. The number of nitriles is 1. The van der Waals surface area contributed by atoms with E-state index in [1.165, 1.54) is 17.8 Å². The maximum absolute atomic E-state index is 11.4. The molecule has 0 aliphatic heterocycles. The van der Waals surface area contributed by atoms with Crippen molar-refractivity contribution >= 4 is 48.6 Å². The minimum Gasteiger partial charge on any atom is -0.271 e. The van der Waals surface area contributed by atoms with Crippen LogP contribution in [-0.2, 0) is 10.0 Å². The first-order valence-electron chi connectivity index (χ1n) is 4.49. The lowest BCUT2D eigenvalue weighted by Gasteiger charge is -2.07. The van der Waals surface area contributed by atoms with E-state index < -0.39 is 10.0 Å². The van der Waals surface area contributed by atoms with Gasteiger partial charge < -0.3 is 0 Å². The molecule has 0 saturated heterocycles. The van der Waals surface area contributed by atoms with Gasteiger partial charge in [-0.1, -0.05) is 17.8 Å². The topological polar surface area (TPSA) is 108 Å². The number of rotatable bonds is 2. The number of para-hydroxylation sites is 1. The third-order valence-corrected chi connectivity index (χ3v) is 3.99. The Labute approximate surface area is 117 Å². The zero-order chi connectivity index (χ0) is 13.8. The molecule has 0 aliphatic rings. The monoisotopic (exact) mass is 348 g/mol. The van der Waals surface area contributed by atoms with Gasteiger partial charge in [0.05, 0.1) is 0 Å². The first kappa shape index (κ1) is 15.0. The van der Waals surface area contributed by atoms with E-state index in [0.29, 0.717) is 4.47 Å². The van der Waals surface area contributed by atoms with Crippen molar-refractivity contribution in [3.63, 3.8) is 0 Å². The lowest BCUT2D eigenvalue weighted by atomic mass is 10.3. The Morgan fingerprint density at radius 1 is 1.61 bits per heavy atom. The summed E-state index contributed by atoms with van der Waals surface area (Å²) in [6.45, 7) is 0. The average Bonchev–Trinajstić information content (AvgIpc) is 2.29. The van der Waals surface area contributed by atoms with Gasteiger partial charge in [0.1, 0.15) is 10.6 Å². The number of amidine groups is 1. The molecular formula is C9H9BrN4O2S2. The highest BCUT2D eigenvalue weighted by molar-refractivity contribution is 9.10. The summed E-state index contributed by atoms with van der Waals surface area (Å²) in [7, 11) is -3.88. The van der Waals surface area contributed by atoms with Crippen LogP contribution in [0.1, 0.15) is 0 Å². The highest BCUT2D eigenvalue weighted by Crippen LogP contribution is 2.32. The SMILES string of the molecule is CSC(=Nc1c(Br)cccc1S(N)(=O)=O)NC#N. The van der Waals surface area contributed by atoms with Crippen molar-refractivity contribution in [2.24, 2.45) is 10.1 Å². The van der Waals surface area contributed by atoms with Crippen molar-refractivity contribution in [1.29, 1.82) is 5.26 Å². The normalized spacial score (nSPS) is 12.0. The number of aliphatic imine (C=N–C) groups is 1. The van der Waals surface area contributed by atoms with Crippen LogP contribution in [0, 0.1) is 11.5 Å². The van der Waals surface area contributed by atoms with Crippen molar-refractivity contribution in [2.75, 3.05) is 6.26 Å². The first-order chi connectivity index (χ1) is 8.40. The van der Waals surface area contributed by atoms with E-state index in [9.17, 15) is 8.42 Å². The molecule has 0 fully saturated rings. The first-order valence-corrected chi connectivity index (χ1v) is 8.05. The van der Waals surface area contributed by atoms with Crippen LogP contribution in [-0.4, -0.2) is 19.8 Å². The van der Waals surface area contributed by atoms with Crippen molar-refractivity contribution in [2.45, 2.75) is 4.90 Å². The molecule has 1 aromatic rings. The van der Waals surface area contributed by atoms with Gasteiger partial charge in [0.25, 0.3) is 0 Å². The summed E-state index contributed by atoms with van der Waals surface area (Å²) < 4.78 is 23.3. The maximum atomic E-state index is 11.4. The number of halogens is 1. The predicted molar refractivity (Wildman–Crippen MR) is 74.9 cm³/mol. The van der Waals surface area contributed by atoms with Crippen LogP contribution in [0.15, 0.2) is 32.6 Å². The molecule has 0 saturated carbocycles. The zero-order valence-electron chi connectivity index (χ0n) is 9.21. The van der Waals surface area contributed by atoms with Gasteiger partial charge in [-0.2, -0.15) is 5.26 Å². The molecule has 0 unspecified atom stereocenters. The fourth-order valence-corrected chi connectivity index (χ4v) is 2.72. The van der Waals surface area contributed by atoms with Crippen LogP contribution < -0.4 is 10.5 Å². The van der Waals surface area contributed by atoms with Gasteiger partial charge in [0, 0.05) is 4.47 Å². The summed E-state index contributed by atoms with van der Waals surface area (Å²) in [5.74, 6) is 0. The van der Waals surface area contributed by atoms with E-state index in [1.54, 1.807) is 24.6 Å². The number of hydrogen-bond donors (Lipinski definition) is 2. The van der Waals surface area contributed by atoms with Crippen molar-refractivity contribution in [3.05, 3.63) is 22.7 Å². The van der Waals surface area contributed by atoms with Crippen molar-refractivity contribution in [1.82, 2.24) is 5.32 Å². The summed E-state index contributed by atoms with van der Waals surface area (Å²) in [4.78, 5) is 3.96. The largest absolute Gasteiger partial charge is 0.271 e. The fourth-order valence-electron chi connectivity index (χ4n) is 1.11. The summed E-state index contributed by atoms with van der Waals surface area (Å²) in [5, 5.41) is 16.3. The van der Waals surface area contributed by atoms with Crippen LogP contribution in [0.25, 0.3) is 0 Å². The molecule has 96 valence electrons. The van der Waals surface area contributed by atoms with Gasteiger partial charge in [-0.05, 0) is 34.3 Å². The summed E-state index contributed by atoms with van der Waals surface area (Å²) >= 11 is 4.38. The molecule has 0 spiro atoms. The Balaban J connectivity index is 3.45. The number of nitrogens with two attached hydrogens (primary N) is 1.